The van der Waals surface area contributed by atoms with E-state index in [1.165, 1.54) is 24.6 Å². The smallest absolute Gasteiger partial charge is 0.230 e. The lowest BCUT2D eigenvalue weighted by molar-refractivity contribution is -0.119. The van der Waals surface area contributed by atoms with Crippen molar-refractivity contribution in [1.29, 1.82) is 0 Å². The first-order valence-electron chi connectivity index (χ1n) is 8.50. The number of thioether (sulfide) groups is 1. The highest BCUT2D eigenvalue weighted by atomic mass is 35.5. The van der Waals surface area contributed by atoms with E-state index in [0.29, 0.717) is 39.4 Å². The van der Waals surface area contributed by atoms with Crippen molar-refractivity contribution in [3.8, 4) is 11.4 Å². The molecule has 1 aliphatic carbocycles. The third-order valence-corrected chi connectivity index (χ3v) is 5.77. The highest BCUT2D eigenvalue weighted by Gasteiger charge is 2.19. The fourth-order valence-corrected chi connectivity index (χ4v) is 4.28. The lowest BCUT2D eigenvalue weighted by atomic mass is 10.2. The Labute approximate surface area is 167 Å². The van der Waals surface area contributed by atoms with Gasteiger partial charge >= 0.3 is 0 Å². The molecule has 0 radical (unpaired) electrons. The van der Waals surface area contributed by atoms with Crippen molar-refractivity contribution in [2.24, 2.45) is 0 Å². The van der Waals surface area contributed by atoms with Crippen molar-refractivity contribution >= 4 is 40.9 Å². The van der Waals surface area contributed by atoms with Crippen LogP contribution in [0.4, 0.5) is 0 Å². The Bertz CT molecular complexity index is 802. The number of hydrogen-bond donors (Lipinski definition) is 1. The van der Waals surface area contributed by atoms with Crippen molar-refractivity contribution in [2.45, 2.75) is 43.4 Å². The Morgan fingerprint density at radius 3 is 2.81 bits per heavy atom. The van der Waals surface area contributed by atoms with Crippen LogP contribution in [0.15, 0.2) is 36.0 Å². The molecule has 1 aliphatic rings. The topological polar surface area (TPSA) is 59.8 Å². The maximum absolute atomic E-state index is 12.2. The van der Waals surface area contributed by atoms with E-state index in [1.54, 1.807) is 18.2 Å². The second kappa shape index (κ2) is 8.93. The lowest BCUT2D eigenvalue weighted by Gasteiger charge is -2.12. The van der Waals surface area contributed by atoms with Gasteiger partial charge < -0.3 is 5.32 Å². The summed E-state index contributed by atoms with van der Waals surface area (Å²) in [5, 5.41) is 13.3. The Kier molecular flexibility index (Phi) is 6.62. The predicted molar refractivity (Wildman–Crippen MR) is 107 cm³/mol. The summed E-state index contributed by atoms with van der Waals surface area (Å²) in [5.74, 6) is 0.964. The monoisotopic (exact) mass is 410 g/mol. The van der Waals surface area contributed by atoms with E-state index < -0.39 is 0 Å². The summed E-state index contributed by atoms with van der Waals surface area (Å²) in [4.78, 5) is 12.2. The van der Waals surface area contributed by atoms with Gasteiger partial charge in [0, 0.05) is 23.2 Å². The first-order valence-corrected chi connectivity index (χ1v) is 10.2. The maximum Gasteiger partial charge on any atom is 0.230 e. The molecular formula is C18H20Cl2N4OS. The third-order valence-electron chi connectivity index (χ3n) is 4.25. The van der Waals surface area contributed by atoms with Crippen LogP contribution in [0.2, 0.25) is 10.0 Å². The first kappa shape index (κ1) is 19.3. The Hall–Kier alpha value is -1.50. The number of allylic oxidation sites excluding steroid dienone is 1. The van der Waals surface area contributed by atoms with Crippen LogP contribution in [0, 0.1) is 0 Å². The van der Waals surface area contributed by atoms with E-state index in [4.69, 9.17) is 23.2 Å². The fourth-order valence-electron chi connectivity index (χ4n) is 3.03. The molecule has 1 N–H and O–H groups in total. The number of amides is 1. The molecule has 1 fully saturated rings. The summed E-state index contributed by atoms with van der Waals surface area (Å²) in [6, 6.07) is 5.57. The van der Waals surface area contributed by atoms with Gasteiger partial charge in [-0.05, 0) is 31.0 Å². The highest BCUT2D eigenvalue weighted by molar-refractivity contribution is 7.99. The lowest BCUT2D eigenvalue weighted by Crippen LogP contribution is -2.33. The van der Waals surface area contributed by atoms with Crippen LogP contribution in [-0.2, 0) is 11.3 Å². The highest BCUT2D eigenvalue weighted by Crippen LogP contribution is 2.31. The average molecular weight is 411 g/mol. The average Bonchev–Trinajstić information content (AvgIpc) is 3.24. The molecule has 1 amide bonds. The number of carbonyl (C=O) groups excluding carboxylic acids is 1. The normalized spacial score (nSPS) is 14.5. The molecule has 2 aromatic rings. The SMILES string of the molecule is C=CCn1c(SCC(=O)NC2CCCC2)nnc1-c1ccc(Cl)cc1Cl. The van der Waals surface area contributed by atoms with Crippen LogP contribution in [0.25, 0.3) is 11.4 Å². The first-order chi connectivity index (χ1) is 12.6. The number of nitrogens with zero attached hydrogens (tertiary/aromatic N) is 3. The van der Waals surface area contributed by atoms with Crippen LogP contribution in [-0.4, -0.2) is 32.5 Å². The summed E-state index contributed by atoms with van der Waals surface area (Å²) in [5.41, 5.74) is 0.743. The molecule has 1 aromatic heterocycles. The van der Waals surface area contributed by atoms with Crippen LogP contribution in [0.1, 0.15) is 25.7 Å². The molecule has 0 saturated heterocycles. The number of benzene rings is 1. The van der Waals surface area contributed by atoms with Crippen LogP contribution >= 0.6 is 35.0 Å². The van der Waals surface area contributed by atoms with E-state index in [9.17, 15) is 4.79 Å². The zero-order chi connectivity index (χ0) is 18.5. The van der Waals surface area contributed by atoms with Crippen LogP contribution < -0.4 is 5.32 Å². The molecule has 3 rings (SSSR count). The quantitative estimate of drug-likeness (QED) is 0.535. The fraction of sp³-hybridized carbons (Fsp3) is 0.389. The largest absolute Gasteiger partial charge is 0.353 e. The zero-order valence-corrected chi connectivity index (χ0v) is 16.6. The van der Waals surface area contributed by atoms with Gasteiger partial charge in [-0.2, -0.15) is 0 Å². The molecule has 0 unspecified atom stereocenters. The maximum atomic E-state index is 12.2. The molecule has 1 saturated carbocycles. The minimum atomic E-state index is 0.0288. The van der Waals surface area contributed by atoms with Crippen LogP contribution in [0.5, 0.6) is 0 Å². The molecule has 1 heterocycles. The third kappa shape index (κ3) is 4.61. The summed E-state index contributed by atoms with van der Waals surface area (Å²) in [6.07, 6.45) is 6.29. The minimum Gasteiger partial charge on any atom is -0.353 e. The number of carbonyl (C=O) groups is 1. The molecule has 0 bridgehead atoms. The van der Waals surface area contributed by atoms with Crippen molar-refractivity contribution < 1.29 is 4.79 Å². The van der Waals surface area contributed by atoms with E-state index in [-0.39, 0.29) is 5.91 Å². The van der Waals surface area contributed by atoms with Crippen LogP contribution in [0.3, 0.4) is 0 Å². The number of halogens is 2. The van der Waals surface area contributed by atoms with Gasteiger partial charge in [-0.25, -0.2) is 0 Å². The van der Waals surface area contributed by atoms with Gasteiger partial charge in [-0.1, -0.05) is 53.9 Å². The van der Waals surface area contributed by atoms with Crippen molar-refractivity contribution in [3.05, 3.63) is 40.9 Å². The van der Waals surface area contributed by atoms with Gasteiger partial charge in [0.25, 0.3) is 0 Å². The number of rotatable bonds is 7. The van der Waals surface area contributed by atoms with Gasteiger partial charge in [-0.15, -0.1) is 16.8 Å². The molecule has 138 valence electrons. The zero-order valence-electron chi connectivity index (χ0n) is 14.3. The number of aromatic nitrogens is 3. The summed E-state index contributed by atoms with van der Waals surface area (Å²) >= 11 is 13.6. The van der Waals surface area contributed by atoms with Gasteiger partial charge in [0.05, 0.1) is 10.8 Å². The van der Waals surface area contributed by atoms with Gasteiger partial charge in [0.1, 0.15) is 0 Å². The Balaban J connectivity index is 1.74. The Morgan fingerprint density at radius 2 is 2.12 bits per heavy atom. The van der Waals surface area contributed by atoms with E-state index in [0.717, 1.165) is 18.4 Å². The Morgan fingerprint density at radius 1 is 1.35 bits per heavy atom. The summed E-state index contributed by atoms with van der Waals surface area (Å²) in [7, 11) is 0. The molecule has 1 aromatic carbocycles. The van der Waals surface area contributed by atoms with Crippen molar-refractivity contribution in [2.75, 3.05) is 5.75 Å². The minimum absolute atomic E-state index is 0.0288. The van der Waals surface area contributed by atoms with E-state index in [1.807, 2.05) is 10.6 Å². The molecule has 8 heteroatoms. The summed E-state index contributed by atoms with van der Waals surface area (Å²) < 4.78 is 1.90. The molecule has 0 atom stereocenters. The molecular weight excluding hydrogens is 391 g/mol. The van der Waals surface area contributed by atoms with Crippen molar-refractivity contribution in [3.63, 3.8) is 0 Å². The van der Waals surface area contributed by atoms with Gasteiger partial charge in [-0.3, -0.25) is 9.36 Å². The van der Waals surface area contributed by atoms with Crippen molar-refractivity contribution in [1.82, 2.24) is 20.1 Å². The van der Waals surface area contributed by atoms with E-state index >= 15 is 0 Å². The number of hydrogen-bond acceptors (Lipinski definition) is 4. The van der Waals surface area contributed by atoms with E-state index in [2.05, 4.69) is 22.1 Å². The van der Waals surface area contributed by atoms with Gasteiger partial charge in [0.2, 0.25) is 5.91 Å². The summed E-state index contributed by atoms with van der Waals surface area (Å²) in [6.45, 7) is 4.31. The predicted octanol–water partition coefficient (Wildman–Crippen LogP) is 4.59. The molecule has 0 spiro atoms. The molecule has 26 heavy (non-hydrogen) atoms. The molecule has 0 aliphatic heterocycles. The van der Waals surface area contributed by atoms with Gasteiger partial charge in [0.15, 0.2) is 11.0 Å². The molecule has 5 nitrogen and oxygen atoms in total. The second-order valence-electron chi connectivity index (χ2n) is 6.17. The number of nitrogens with one attached hydrogen (secondary N) is 1. The standard InChI is InChI=1S/C18H20Cl2N4OS/c1-2-9-24-17(14-8-7-12(19)10-15(14)20)22-23-18(24)26-11-16(25)21-13-5-3-4-6-13/h2,7-8,10,13H,1,3-6,9,11H2,(H,21,25). The second-order valence-corrected chi connectivity index (χ2v) is 7.95.